The molecule has 180 valence electrons. The fourth-order valence-corrected chi connectivity index (χ4v) is 4.39. The Kier molecular flexibility index (Phi) is 8.05. The van der Waals surface area contributed by atoms with Gasteiger partial charge in [-0.2, -0.15) is 0 Å². The summed E-state index contributed by atoms with van der Waals surface area (Å²) in [6.45, 7) is 4.79. The van der Waals surface area contributed by atoms with Crippen LogP contribution >= 0.6 is 11.8 Å². The molecule has 8 heteroatoms. The number of rotatable bonds is 10. The van der Waals surface area contributed by atoms with Gasteiger partial charge in [0.1, 0.15) is 12.4 Å². The minimum atomic E-state index is -0.0881. The Hall–Kier alpha value is -3.78. The number of aromatic nitrogens is 3. The average Bonchev–Trinajstić information content (AvgIpc) is 3.25. The molecule has 0 aliphatic carbocycles. The van der Waals surface area contributed by atoms with Gasteiger partial charge in [0.25, 0.3) is 0 Å². The molecule has 0 aliphatic rings. The van der Waals surface area contributed by atoms with Crippen LogP contribution in [0.3, 0.4) is 0 Å². The maximum absolute atomic E-state index is 12.5. The van der Waals surface area contributed by atoms with Crippen molar-refractivity contribution < 1.29 is 14.3 Å². The lowest BCUT2D eigenvalue weighted by Gasteiger charge is -2.13. The third-order valence-corrected chi connectivity index (χ3v) is 6.27. The smallest absolute Gasteiger partial charge is 0.230 e. The molecule has 0 atom stereocenters. The number of ether oxygens (including phenoxy) is 2. The van der Waals surface area contributed by atoms with Gasteiger partial charge in [-0.05, 0) is 54.8 Å². The summed E-state index contributed by atoms with van der Waals surface area (Å²) in [6, 6.07) is 23.7. The first kappa shape index (κ1) is 24.3. The number of nitrogens with zero attached hydrogens (tertiary/aromatic N) is 3. The van der Waals surface area contributed by atoms with Gasteiger partial charge in [0.15, 0.2) is 16.7 Å². The molecule has 1 heterocycles. The van der Waals surface area contributed by atoms with Crippen LogP contribution in [0.5, 0.6) is 11.5 Å². The quantitative estimate of drug-likeness (QED) is 0.321. The van der Waals surface area contributed by atoms with E-state index in [0.29, 0.717) is 29.8 Å². The Balaban J connectivity index is 1.32. The summed E-state index contributed by atoms with van der Waals surface area (Å²) in [5.41, 5.74) is 4.14. The molecule has 0 spiro atoms. The molecule has 35 heavy (non-hydrogen) atoms. The van der Waals surface area contributed by atoms with Gasteiger partial charge in [-0.15, -0.1) is 10.2 Å². The van der Waals surface area contributed by atoms with E-state index in [1.165, 1.54) is 11.8 Å². The van der Waals surface area contributed by atoms with Gasteiger partial charge >= 0.3 is 0 Å². The van der Waals surface area contributed by atoms with Crippen molar-refractivity contribution in [3.05, 3.63) is 95.3 Å². The number of thioether (sulfide) groups is 1. The SMILES string of the molecule is COc1cc(CNC(=O)CSc2nnc(C)n2-c2cccc(C)c2)ccc1OCc1ccccc1. The van der Waals surface area contributed by atoms with Crippen LogP contribution in [0, 0.1) is 13.8 Å². The van der Waals surface area contributed by atoms with Crippen LogP contribution in [0.2, 0.25) is 0 Å². The van der Waals surface area contributed by atoms with E-state index < -0.39 is 0 Å². The fraction of sp³-hybridized carbons (Fsp3) is 0.222. The Morgan fingerprint density at radius 1 is 0.943 bits per heavy atom. The number of aryl methyl sites for hydroxylation is 2. The topological polar surface area (TPSA) is 78.3 Å². The van der Waals surface area contributed by atoms with Crippen LogP contribution in [-0.2, 0) is 17.9 Å². The maximum Gasteiger partial charge on any atom is 0.230 e. The maximum atomic E-state index is 12.5. The summed E-state index contributed by atoms with van der Waals surface area (Å²) in [5, 5.41) is 12.1. The van der Waals surface area contributed by atoms with Crippen molar-refractivity contribution >= 4 is 17.7 Å². The molecule has 0 fully saturated rings. The van der Waals surface area contributed by atoms with Crippen LogP contribution in [0.15, 0.2) is 78.0 Å². The summed E-state index contributed by atoms with van der Waals surface area (Å²) in [7, 11) is 1.61. The standard InChI is InChI=1S/C27H28N4O3S/c1-19-8-7-11-23(14-19)31-20(2)29-30-27(31)35-18-26(32)28-16-22-12-13-24(25(15-22)33-3)34-17-21-9-5-4-6-10-21/h4-15H,16-18H2,1-3H3,(H,28,32). The number of amides is 1. The van der Waals surface area contributed by atoms with E-state index in [9.17, 15) is 4.79 Å². The number of carbonyl (C=O) groups is 1. The number of benzene rings is 3. The lowest BCUT2D eigenvalue weighted by atomic mass is 10.2. The molecule has 0 bridgehead atoms. The summed E-state index contributed by atoms with van der Waals surface area (Å²) in [5.74, 6) is 2.21. The van der Waals surface area contributed by atoms with E-state index in [1.54, 1.807) is 7.11 Å². The second kappa shape index (κ2) is 11.6. The Morgan fingerprint density at radius 2 is 1.77 bits per heavy atom. The molecule has 7 nitrogen and oxygen atoms in total. The number of hydrogen-bond acceptors (Lipinski definition) is 6. The van der Waals surface area contributed by atoms with Gasteiger partial charge < -0.3 is 14.8 Å². The van der Waals surface area contributed by atoms with E-state index in [1.807, 2.05) is 85.1 Å². The second-order valence-electron chi connectivity index (χ2n) is 8.03. The lowest BCUT2D eigenvalue weighted by molar-refractivity contribution is -0.118. The van der Waals surface area contributed by atoms with Crippen molar-refractivity contribution in [1.29, 1.82) is 0 Å². The Labute approximate surface area is 209 Å². The minimum absolute atomic E-state index is 0.0881. The molecular weight excluding hydrogens is 460 g/mol. The van der Waals surface area contributed by atoms with Crippen molar-refractivity contribution in [3.8, 4) is 17.2 Å². The normalized spacial score (nSPS) is 10.7. The van der Waals surface area contributed by atoms with Crippen LogP contribution in [0.25, 0.3) is 5.69 Å². The van der Waals surface area contributed by atoms with Crippen molar-refractivity contribution in [2.75, 3.05) is 12.9 Å². The monoisotopic (exact) mass is 488 g/mol. The first-order valence-corrected chi connectivity index (χ1v) is 12.2. The van der Waals surface area contributed by atoms with E-state index in [0.717, 1.165) is 28.2 Å². The molecule has 1 N–H and O–H groups in total. The van der Waals surface area contributed by atoms with Crippen LogP contribution in [0.1, 0.15) is 22.5 Å². The molecule has 1 aromatic heterocycles. The highest BCUT2D eigenvalue weighted by Crippen LogP contribution is 2.29. The van der Waals surface area contributed by atoms with Gasteiger partial charge in [-0.3, -0.25) is 9.36 Å². The van der Waals surface area contributed by atoms with Gasteiger partial charge in [0.2, 0.25) is 5.91 Å². The minimum Gasteiger partial charge on any atom is -0.493 e. The predicted octanol–water partition coefficient (Wildman–Crippen LogP) is 4.88. The first-order valence-electron chi connectivity index (χ1n) is 11.3. The molecule has 0 aliphatic heterocycles. The summed E-state index contributed by atoms with van der Waals surface area (Å²) < 4.78 is 13.4. The largest absolute Gasteiger partial charge is 0.493 e. The summed E-state index contributed by atoms with van der Waals surface area (Å²) >= 11 is 1.36. The van der Waals surface area contributed by atoms with Crippen molar-refractivity contribution in [2.45, 2.75) is 32.2 Å². The van der Waals surface area contributed by atoms with E-state index in [2.05, 4.69) is 21.6 Å². The highest BCUT2D eigenvalue weighted by Gasteiger charge is 2.14. The number of methoxy groups -OCH3 is 1. The van der Waals surface area contributed by atoms with Crippen LogP contribution < -0.4 is 14.8 Å². The van der Waals surface area contributed by atoms with Crippen molar-refractivity contribution in [1.82, 2.24) is 20.1 Å². The number of nitrogens with one attached hydrogen (secondary N) is 1. The van der Waals surface area contributed by atoms with E-state index in [4.69, 9.17) is 9.47 Å². The van der Waals surface area contributed by atoms with Gasteiger partial charge in [0.05, 0.1) is 12.9 Å². The predicted molar refractivity (Wildman–Crippen MR) is 137 cm³/mol. The fourth-order valence-electron chi connectivity index (χ4n) is 3.56. The highest BCUT2D eigenvalue weighted by molar-refractivity contribution is 7.99. The first-order chi connectivity index (χ1) is 17.0. The number of carbonyl (C=O) groups excluding carboxylic acids is 1. The van der Waals surface area contributed by atoms with Crippen LogP contribution in [-0.4, -0.2) is 33.5 Å². The zero-order chi connectivity index (χ0) is 24.6. The molecule has 4 rings (SSSR count). The van der Waals surface area contributed by atoms with Crippen molar-refractivity contribution in [3.63, 3.8) is 0 Å². The molecule has 3 aromatic carbocycles. The molecule has 0 saturated heterocycles. The summed E-state index contributed by atoms with van der Waals surface area (Å²) in [4.78, 5) is 12.5. The molecule has 0 unspecified atom stereocenters. The molecule has 4 aromatic rings. The van der Waals surface area contributed by atoms with E-state index in [-0.39, 0.29) is 11.7 Å². The van der Waals surface area contributed by atoms with Crippen LogP contribution in [0.4, 0.5) is 0 Å². The molecule has 1 amide bonds. The Bertz CT molecular complexity index is 1290. The Morgan fingerprint density at radius 3 is 2.54 bits per heavy atom. The van der Waals surface area contributed by atoms with Gasteiger partial charge in [-0.25, -0.2) is 0 Å². The summed E-state index contributed by atoms with van der Waals surface area (Å²) in [6.07, 6.45) is 0. The third kappa shape index (κ3) is 6.42. The average molecular weight is 489 g/mol. The molecule has 0 radical (unpaired) electrons. The van der Waals surface area contributed by atoms with Gasteiger partial charge in [-0.1, -0.05) is 60.3 Å². The lowest BCUT2D eigenvalue weighted by Crippen LogP contribution is -2.24. The van der Waals surface area contributed by atoms with Gasteiger partial charge in [0, 0.05) is 12.2 Å². The van der Waals surface area contributed by atoms with Crippen molar-refractivity contribution in [2.24, 2.45) is 0 Å². The highest BCUT2D eigenvalue weighted by atomic mass is 32.2. The molecular formula is C27H28N4O3S. The second-order valence-corrected chi connectivity index (χ2v) is 8.97. The zero-order valence-corrected chi connectivity index (χ0v) is 20.8. The number of hydrogen-bond donors (Lipinski definition) is 1. The zero-order valence-electron chi connectivity index (χ0n) is 20.0. The van der Waals surface area contributed by atoms with E-state index >= 15 is 0 Å². The third-order valence-electron chi connectivity index (χ3n) is 5.34. The molecule has 0 saturated carbocycles.